The molecule has 1 rings (SSSR count). The minimum absolute atomic E-state index is 0.198. The molecule has 116 valence electrons. The van der Waals surface area contributed by atoms with Gasteiger partial charge in [0.25, 0.3) is 0 Å². The van der Waals surface area contributed by atoms with Crippen molar-refractivity contribution in [3.63, 3.8) is 0 Å². The molecule has 21 heavy (non-hydrogen) atoms. The third kappa shape index (κ3) is 5.38. The number of carbonyl (C=O) groups is 2. The van der Waals surface area contributed by atoms with Crippen molar-refractivity contribution >= 4 is 33.6 Å². The second-order valence-corrected chi connectivity index (χ2v) is 6.32. The number of hydrogen-bond donors (Lipinski definition) is 2. The maximum absolute atomic E-state index is 12.2. The van der Waals surface area contributed by atoms with Gasteiger partial charge in [0.05, 0.1) is 0 Å². The standard InChI is InChI=1S/C15H21BrN2O3/c1-9(2)7-18(8-13(19)20)15(21)17-12-5-10(3)14(16)11(4)6-12/h5-6,9H,7-8H2,1-4H3,(H,17,21)(H,19,20). The molecule has 0 heterocycles. The molecule has 5 nitrogen and oxygen atoms in total. The molecule has 0 bridgehead atoms. The van der Waals surface area contributed by atoms with Crippen LogP contribution in [-0.2, 0) is 4.79 Å². The molecule has 0 aliphatic heterocycles. The van der Waals surface area contributed by atoms with Crippen LogP contribution in [-0.4, -0.2) is 35.1 Å². The number of amides is 2. The summed E-state index contributed by atoms with van der Waals surface area (Å²) in [6.45, 7) is 7.85. The Balaban J connectivity index is 2.88. The van der Waals surface area contributed by atoms with Gasteiger partial charge in [0, 0.05) is 16.7 Å². The van der Waals surface area contributed by atoms with Crippen molar-refractivity contribution in [2.45, 2.75) is 27.7 Å². The topological polar surface area (TPSA) is 69.6 Å². The number of halogens is 1. The molecule has 0 atom stereocenters. The molecule has 1 aromatic rings. The van der Waals surface area contributed by atoms with Gasteiger partial charge in [-0.05, 0) is 43.0 Å². The van der Waals surface area contributed by atoms with Crippen LogP contribution in [0.2, 0.25) is 0 Å². The van der Waals surface area contributed by atoms with Crippen LogP contribution in [0.5, 0.6) is 0 Å². The van der Waals surface area contributed by atoms with Crippen molar-refractivity contribution in [3.8, 4) is 0 Å². The molecule has 0 saturated carbocycles. The Hall–Kier alpha value is -1.56. The molecule has 6 heteroatoms. The summed E-state index contributed by atoms with van der Waals surface area (Å²) in [6, 6.07) is 3.30. The summed E-state index contributed by atoms with van der Waals surface area (Å²) < 4.78 is 1.00. The van der Waals surface area contributed by atoms with Crippen LogP contribution in [0, 0.1) is 19.8 Å². The zero-order valence-electron chi connectivity index (χ0n) is 12.7. The highest BCUT2D eigenvalue weighted by atomic mass is 79.9. The number of benzene rings is 1. The number of carboxylic acids is 1. The van der Waals surface area contributed by atoms with E-state index in [0.29, 0.717) is 12.2 Å². The third-order valence-corrected chi connectivity index (χ3v) is 4.14. The average molecular weight is 357 g/mol. The number of aryl methyl sites for hydroxylation is 2. The summed E-state index contributed by atoms with van der Waals surface area (Å²) in [7, 11) is 0. The molecule has 0 saturated heterocycles. The lowest BCUT2D eigenvalue weighted by Crippen LogP contribution is -2.41. The molecule has 2 amide bonds. The van der Waals surface area contributed by atoms with E-state index in [4.69, 9.17) is 5.11 Å². The predicted molar refractivity (Wildman–Crippen MR) is 86.7 cm³/mol. The van der Waals surface area contributed by atoms with Gasteiger partial charge in [-0.25, -0.2) is 4.79 Å². The Morgan fingerprint density at radius 1 is 1.29 bits per heavy atom. The summed E-state index contributed by atoms with van der Waals surface area (Å²) in [5.41, 5.74) is 2.69. The lowest BCUT2D eigenvalue weighted by molar-refractivity contribution is -0.137. The third-order valence-electron chi connectivity index (χ3n) is 2.89. The number of carbonyl (C=O) groups excluding carboxylic acids is 1. The van der Waals surface area contributed by atoms with Crippen LogP contribution in [0.4, 0.5) is 10.5 Å². The number of urea groups is 1. The van der Waals surface area contributed by atoms with Gasteiger partial charge < -0.3 is 15.3 Å². The molecule has 0 aromatic heterocycles. The molecule has 0 radical (unpaired) electrons. The fraction of sp³-hybridized carbons (Fsp3) is 0.467. The Labute approximate surface area is 133 Å². The highest BCUT2D eigenvalue weighted by molar-refractivity contribution is 9.10. The quantitative estimate of drug-likeness (QED) is 0.845. The minimum atomic E-state index is -1.02. The number of nitrogens with one attached hydrogen (secondary N) is 1. The van der Waals surface area contributed by atoms with Crippen molar-refractivity contribution in [3.05, 3.63) is 27.7 Å². The van der Waals surface area contributed by atoms with Crippen LogP contribution in [0.3, 0.4) is 0 Å². The fourth-order valence-corrected chi connectivity index (χ4v) is 2.27. The number of anilines is 1. The van der Waals surface area contributed by atoms with Gasteiger partial charge in [0.1, 0.15) is 6.54 Å². The molecule has 0 aliphatic rings. The zero-order valence-corrected chi connectivity index (χ0v) is 14.3. The smallest absolute Gasteiger partial charge is 0.323 e. The van der Waals surface area contributed by atoms with Crippen molar-refractivity contribution in [2.75, 3.05) is 18.4 Å². The number of carboxylic acid groups (broad SMARTS) is 1. The summed E-state index contributed by atoms with van der Waals surface area (Å²) in [6.07, 6.45) is 0. The molecule has 0 spiro atoms. The first-order valence-electron chi connectivity index (χ1n) is 6.75. The highest BCUT2D eigenvalue weighted by Gasteiger charge is 2.18. The summed E-state index contributed by atoms with van der Waals surface area (Å²) in [5, 5.41) is 11.7. The van der Waals surface area contributed by atoms with E-state index in [9.17, 15) is 9.59 Å². The van der Waals surface area contributed by atoms with Gasteiger partial charge in [-0.3, -0.25) is 4.79 Å². The first kappa shape index (κ1) is 17.5. The lowest BCUT2D eigenvalue weighted by Gasteiger charge is -2.23. The van der Waals surface area contributed by atoms with Gasteiger partial charge >= 0.3 is 12.0 Å². The molecular weight excluding hydrogens is 336 g/mol. The van der Waals surface area contributed by atoms with Crippen molar-refractivity contribution in [1.82, 2.24) is 4.90 Å². The molecular formula is C15H21BrN2O3. The van der Waals surface area contributed by atoms with E-state index >= 15 is 0 Å². The summed E-state index contributed by atoms with van der Waals surface area (Å²) in [4.78, 5) is 24.4. The van der Waals surface area contributed by atoms with E-state index in [0.717, 1.165) is 15.6 Å². The summed E-state index contributed by atoms with van der Waals surface area (Å²) >= 11 is 3.47. The monoisotopic (exact) mass is 356 g/mol. The van der Waals surface area contributed by atoms with Crippen LogP contribution < -0.4 is 5.32 Å². The van der Waals surface area contributed by atoms with Crippen molar-refractivity contribution in [1.29, 1.82) is 0 Å². The molecule has 0 aliphatic carbocycles. The van der Waals surface area contributed by atoms with Crippen LogP contribution in [0.1, 0.15) is 25.0 Å². The summed E-state index contributed by atoms with van der Waals surface area (Å²) in [5.74, 6) is -0.822. The van der Waals surface area contributed by atoms with E-state index < -0.39 is 12.0 Å². The predicted octanol–water partition coefficient (Wildman–Crippen LogP) is 3.64. The average Bonchev–Trinajstić information content (AvgIpc) is 2.33. The van der Waals surface area contributed by atoms with Crippen LogP contribution >= 0.6 is 15.9 Å². The zero-order chi connectivity index (χ0) is 16.2. The lowest BCUT2D eigenvalue weighted by atomic mass is 10.1. The molecule has 0 fully saturated rings. The van der Waals surface area contributed by atoms with E-state index in [1.54, 1.807) is 0 Å². The number of nitrogens with zero attached hydrogens (tertiary/aromatic N) is 1. The van der Waals surface area contributed by atoms with E-state index in [-0.39, 0.29) is 12.5 Å². The SMILES string of the molecule is Cc1cc(NC(=O)N(CC(=O)O)CC(C)C)cc(C)c1Br. The fourth-order valence-electron chi connectivity index (χ4n) is 2.04. The first-order chi connectivity index (χ1) is 9.70. The molecule has 0 unspecified atom stereocenters. The van der Waals surface area contributed by atoms with Gasteiger partial charge in [0.15, 0.2) is 0 Å². The molecule has 2 N–H and O–H groups in total. The number of aliphatic carboxylic acids is 1. The Morgan fingerprint density at radius 3 is 2.24 bits per heavy atom. The highest BCUT2D eigenvalue weighted by Crippen LogP contribution is 2.25. The Morgan fingerprint density at radius 2 is 1.81 bits per heavy atom. The Kier molecular flexibility index (Phi) is 6.20. The minimum Gasteiger partial charge on any atom is -0.480 e. The maximum atomic E-state index is 12.2. The maximum Gasteiger partial charge on any atom is 0.323 e. The second-order valence-electron chi connectivity index (χ2n) is 5.52. The first-order valence-corrected chi connectivity index (χ1v) is 7.54. The van der Waals surface area contributed by atoms with Gasteiger partial charge in [-0.15, -0.1) is 0 Å². The molecule has 1 aromatic carbocycles. The number of hydrogen-bond acceptors (Lipinski definition) is 2. The van der Waals surface area contributed by atoms with Gasteiger partial charge in [-0.2, -0.15) is 0 Å². The van der Waals surface area contributed by atoms with Crippen molar-refractivity contribution < 1.29 is 14.7 Å². The van der Waals surface area contributed by atoms with Gasteiger partial charge in [-0.1, -0.05) is 29.8 Å². The van der Waals surface area contributed by atoms with E-state index in [1.807, 2.05) is 39.8 Å². The van der Waals surface area contributed by atoms with Crippen molar-refractivity contribution in [2.24, 2.45) is 5.92 Å². The largest absolute Gasteiger partial charge is 0.480 e. The van der Waals surface area contributed by atoms with Gasteiger partial charge in [0.2, 0.25) is 0 Å². The Bertz CT molecular complexity index is 521. The normalized spacial score (nSPS) is 10.6. The second kappa shape index (κ2) is 7.45. The number of rotatable bonds is 5. The van der Waals surface area contributed by atoms with Crippen LogP contribution in [0.25, 0.3) is 0 Å². The van der Waals surface area contributed by atoms with E-state index in [2.05, 4.69) is 21.2 Å². The van der Waals surface area contributed by atoms with Crippen LogP contribution in [0.15, 0.2) is 16.6 Å². The van der Waals surface area contributed by atoms with E-state index in [1.165, 1.54) is 4.90 Å².